The molecule has 0 aliphatic heterocycles. The minimum atomic E-state index is -0.425. The Kier molecular flexibility index (Phi) is 3.96. The third-order valence-electron chi connectivity index (χ3n) is 1.97. The van der Waals surface area contributed by atoms with E-state index in [0.717, 1.165) is 3.57 Å². The number of aromatic nitrogens is 1. The van der Waals surface area contributed by atoms with Crippen LogP contribution in [0.25, 0.3) is 0 Å². The fourth-order valence-electron chi connectivity index (χ4n) is 1.20. The van der Waals surface area contributed by atoms with E-state index < -0.39 is 5.97 Å². The van der Waals surface area contributed by atoms with Crippen LogP contribution in [-0.2, 0) is 0 Å². The minimum Gasteiger partial charge on any atom is -0.421 e. The van der Waals surface area contributed by atoms with Crippen LogP contribution >= 0.6 is 34.2 Å². The Morgan fingerprint density at radius 2 is 1.94 bits per heavy atom. The quantitative estimate of drug-likeness (QED) is 0.608. The van der Waals surface area contributed by atoms with Gasteiger partial charge in [0.2, 0.25) is 0 Å². The van der Waals surface area contributed by atoms with E-state index in [2.05, 4.69) is 27.6 Å². The smallest absolute Gasteiger partial charge is 0.343 e. The molecule has 0 saturated carbocycles. The summed E-state index contributed by atoms with van der Waals surface area (Å²) in [5.41, 5.74) is 0.491. The average Bonchev–Trinajstić information content (AvgIpc) is 2.29. The lowest BCUT2D eigenvalue weighted by atomic mass is 10.2. The Morgan fingerprint density at radius 3 is 2.59 bits per heavy atom. The fraction of sp³-hybridized carbons (Fsp3) is 0. The van der Waals surface area contributed by atoms with Gasteiger partial charge in [-0.2, -0.15) is 0 Å². The van der Waals surface area contributed by atoms with E-state index in [1.54, 1.807) is 18.2 Å². The maximum Gasteiger partial charge on any atom is 0.343 e. The maximum atomic E-state index is 11.7. The molecule has 0 fully saturated rings. The van der Waals surface area contributed by atoms with Crippen molar-refractivity contribution >= 4 is 40.2 Å². The zero-order valence-electron chi connectivity index (χ0n) is 8.56. The van der Waals surface area contributed by atoms with E-state index in [1.165, 1.54) is 12.4 Å². The highest BCUT2D eigenvalue weighted by atomic mass is 127. The standard InChI is InChI=1S/C12H7ClINO2/c13-9-5-11(7-15-6-9)17-12(16)8-1-3-10(14)4-2-8/h1-7H. The molecule has 5 heteroatoms. The molecule has 1 aromatic carbocycles. The van der Waals surface area contributed by atoms with Crippen molar-refractivity contribution in [3.63, 3.8) is 0 Å². The van der Waals surface area contributed by atoms with Crippen LogP contribution in [0.4, 0.5) is 0 Å². The van der Waals surface area contributed by atoms with Crippen molar-refractivity contribution in [2.45, 2.75) is 0 Å². The molecule has 0 amide bonds. The zero-order chi connectivity index (χ0) is 12.3. The molecule has 1 heterocycles. The van der Waals surface area contributed by atoms with Gasteiger partial charge in [0.05, 0.1) is 16.8 Å². The van der Waals surface area contributed by atoms with Crippen LogP contribution in [0.15, 0.2) is 42.7 Å². The molecule has 86 valence electrons. The summed E-state index contributed by atoms with van der Waals surface area (Å²) in [6.45, 7) is 0. The predicted molar refractivity (Wildman–Crippen MR) is 73.4 cm³/mol. The lowest BCUT2D eigenvalue weighted by molar-refractivity contribution is 0.0734. The molecule has 2 aromatic rings. The van der Waals surface area contributed by atoms with Gasteiger partial charge < -0.3 is 4.74 Å². The molecule has 17 heavy (non-hydrogen) atoms. The zero-order valence-corrected chi connectivity index (χ0v) is 11.5. The van der Waals surface area contributed by atoms with Crippen molar-refractivity contribution in [3.8, 4) is 5.75 Å². The van der Waals surface area contributed by atoms with E-state index in [9.17, 15) is 4.79 Å². The highest BCUT2D eigenvalue weighted by Crippen LogP contribution is 2.17. The number of halogens is 2. The first-order valence-corrected chi connectivity index (χ1v) is 6.19. The van der Waals surface area contributed by atoms with Crippen LogP contribution < -0.4 is 4.74 Å². The summed E-state index contributed by atoms with van der Waals surface area (Å²) >= 11 is 7.91. The number of nitrogens with zero attached hydrogens (tertiary/aromatic N) is 1. The van der Waals surface area contributed by atoms with Gasteiger partial charge in [-0.05, 0) is 46.9 Å². The molecule has 0 aliphatic rings. The molecule has 1 aromatic heterocycles. The van der Waals surface area contributed by atoms with Crippen molar-refractivity contribution < 1.29 is 9.53 Å². The summed E-state index contributed by atoms with van der Waals surface area (Å²) < 4.78 is 6.19. The van der Waals surface area contributed by atoms with Gasteiger partial charge in [0.15, 0.2) is 5.75 Å². The van der Waals surface area contributed by atoms with E-state index in [1.807, 2.05) is 12.1 Å². The topological polar surface area (TPSA) is 39.2 Å². The van der Waals surface area contributed by atoms with Gasteiger partial charge in [-0.1, -0.05) is 11.6 Å². The van der Waals surface area contributed by atoms with Gasteiger partial charge >= 0.3 is 5.97 Å². The van der Waals surface area contributed by atoms with Crippen LogP contribution in [0.3, 0.4) is 0 Å². The largest absolute Gasteiger partial charge is 0.421 e. The maximum absolute atomic E-state index is 11.7. The van der Waals surface area contributed by atoms with Crippen molar-refractivity contribution in [1.29, 1.82) is 0 Å². The van der Waals surface area contributed by atoms with E-state index >= 15 is 0 Å². The molecule has 0 aliphatic carbocycles. The molecule has 0 radical (unpaired) electrons. The number of pyridine rings is 1. The molecule has 0 N–H and O–H groups in total. The van der Waals surface area contributed by atoms with Crippen molar-refractivity contribution in [2.75, 3.05) is 0 Å². The number of hydrogen-bond donors (Lipinski definition) is 0. The molecular weight excluding hydrogens is 352 g/mol. The normalized spacial score (nSPS) is 10.0. The predicted octanol–water partition coefficient (Wildman–Crippen LogP) is 3.56. The number of esters is 1. The lowest BCUT2D eigenvalue weighted by Gasteiger charge is -2.03. The summed E-state index contributed by atoms with van der Waals surface area (Å²) in [6.07, 6.45) is 2.92. The van der Waals surface area contributed by atoms with Gasteiger partial charge in [-0.15, -0.1) is 0 Å². The third-order valence-corrected chi connectivity index (χ3v) is 2.90. The molecule has 0 bridgehead atoms. The van der Waals surface area contributed by atoms with Crippen molar-refractivity contribution in [3.05, 3.63) is 56.9 Å². The Balaban J connectivity index is 2.14. The number of benzene rings is 1. The number of hydrogen-bond acceptors (Lipinski definition) is 3. The van der Waals surface area contributed by atoms with Crippen molar-refractivity contribution in [1.82, 2.24) is 4.98 Å². The SMILES string of the molecule is O=C(Oc1cncc(Cl)c1)c1ccc(I)cc1. The van der Waals surface area contributed by atoms with Gasteiger partial charge in [-0.25, -0.2) is 4.79 Å². The molecule has 3 nitrogen and oxygen atoms in total. The highest BCUT2D eigenvalue weighted by molar-refractivity contribution is 14.1. The lowest BCUT2D eigenvalue weighted by Crippen LogP contribution is -2.08. The number of carbonyl (C=O) groups excluding carboxylic acids is 1. The Labute approximate surface area is 117 Å². The summed E-state index contributed by atoms with van der Waals surface area (Å²) in [5.74, 6) is -0.0912. The summed E-state index contributed by atoms with van der Waals surface area (Å²) in [5, 5.41) is 0.429. The number of carbonyl (C=O) groups is 1. The molecule has 0 spiro atoms. The second-order valence-corrected chi connectivity index (χ2v) is 4.92. The second-order valence-electron chi connectivity index (χ2n) is 3.24. The molecule has 0 atom stereocenters. The average molecular weight is 360 g/mol. The van der Waals surface area contributed by atoms with Crippen molar-refractivity contribution in [2.24, 2.45) is 0 Å². The number of rotatable bonds is 2. The minimum absolute atomic E-state index is 0.334. The number of ether oxygens (including phenoxy) is 1. The van der Waals surface area contributed by atoms with E-state index in [0.29, 0.717) is 16.3 Å². The summed E-state index contributed by atoms with van der Waals surface area (Å²) in [4.78, 5) is 15.6. The first-order chi connectivity index (χ1) is 8.15. The summed E-state index contributed by atoms with van der Waals surface area (Å²) in [6, 6.07) is 8.64. The highest BCUT2D eigenvalue weighted by Gasteiger charge is 2.08. The summed E-state index contributed by atoms with van der Waals surface area (Å²) in [7, 11) is 0. The first kappa shape index (κ1) is 12.3. The van der Waals surface area contributed by atoms with Crippen LogP contribution in [0, 0.1) is 3.57 Å². The van der Waals surface area contributed by atoms with Gasteiger partial charge in [-0.3, -0.25) is 4.98 Å². The molecule has 2 rings (SSSR count). The van der Waals surface area contributed by atoms with Crippen LogP contribution in [-0.4, -0.2) is 11.0 Å². The molecule has 0 unspecified atom stereocenters. The molecular formula is C12H7ClINO2. The van der Waals surface area contributed by atoms with E-state index in [4.69, 9.17) is 16.3 Å². The second kappa shape index (κ2) is 5.46. The van der Waals surface area contributed by atoms with Crippen LogP contribution in [0.1, 0.15) is 10.4 Å². The third kappa shape index (κ3) is 3.41. The Bertz CT molecular complexity index is 542. The Hall–Kier alpha value is -1.14. The monoisotopic (exact) mass is 359 g/mol. The van der Waals surface area contributed by atoms with Crippen LogP contribution in [0.2, 0.25) is 5.02 Å². The van der Waals surface area contributed by atoms with Gasteiger partial charge in [0.1, 0.15) is 0 Å². The van der Waals surface area contributed by atoms with Gasteiger partial charge in [0.25, 0.3) is 0 Å². The van der Waals surface area contributed by atoms with E-state index in [-0.39, 0.29) is 0 Å². The molecule has 0 saturated heterocycles. The first-order valence-electron chi connectivity index (χ1n) is 4.73. The fourth-order valence-corrected chi connectivity index (χ4v) is 1.72. The van der Waals surface area contributed by atoms with Gasteiger partial charge in [0, 0.05) is 15.8 Å². The Morgan fingerprint density at radius 1 is 1.24 bits per heavy atom. The van der Waals surface area contributed by atoms with Crippen LogP contribution in [0.5, 0.6) is 5.75 Å².